The van der Waals surface area contributed by atoms with Crippen molar-refractivity contribution in [3.05, 3.63) is 0 Å². The number of carbonyl (C=O) groups is 2. The van der Waals surface area contributed by atoms with Crippen LogP contribution in [0.25, 0.3) is 0 Å². The van der Waals surface area contributed by atoms with Gasteiger partial charge in [0.1, 0.15) is 12.2 Å². The molecule has 2 fully saturated rings. The van der Waals surface area contributed by atoms with Crippen molar-refractivity contribution in [2.45, 2.75) is 38.3 Å². The number of fused-ring (bicyclic) bond motifs is 2. The van der Waals surface area contributed by atoms with Crippen LogP contribution in [0.5, 0.6) is 0 Å². The summed E-state index contributed by atoms with van der Waals surface area (Å²) in [6.45, 7) is 2.69. The first kappa shape index (κ1) is 11.7. The molecule has 0 radical (unpaired) electrons. The highest BCUT2D eigenvalue weighted by Crippen LogP contribution is 2.35. The first-order valence-electron chi connectivity index (χ1n) is 5.15. The summed E-state index contributed by atoms with van der Waals surface area (Å²) in [5.74, 6) is 0.796. The van der Waals surface area contributed by atoms with Crippen molar-refractivity contribution in [3.63, 3.8) is 0 Å². The second-order valence-electron chi connectivity index (χ2n) is 3.90. The SMILES string of the molecule is CC(=O)OC1C2CSCC(O2)C1OC(C)=O. The predicted molar refractivity (Wildman–Crippen MR) is 57.1 cm³/mol. The van der Waals surface area contributed by atoms with Gasteiger partial charge >= 0.3 is 11.9 Å². The van der Waals surface area contributed by atoms with E-state index < -0.39 is 12.2 Å². The van der Waals surface area contributed by atoms with Crippen molar-refractivity contribution in [1.82, 2.24) is 0 Å². The van der Waals surface area contributed by atoms with Crippen molar-refractivity contribution in [2.75, 3.05) is 11.5 Å². The van der Waals surface area contributed by atoms with Crippen LogP contribution in [0.4, 0.5) is 0 Å². The molecule has 0 amide bonds. The van der Waals surface area contributed by atoms with Crippen molar-refractivity contribution in [2.24, 2.45) is 0 Å². The van der Waals surface area contributed by atoms with E-state index in [9.17, 15) is 9.59 Å². The van der Waals surface area contributed by atoms with E-state index in [4.69, 9.17) is 14.2 Å². The average Bonchev–Trinajstić information content (AvgIpc) is 2.41. The van der Waals surface area contributed by atoms with Gasteiger partial charge in [-0.05, 0) is 0 Å². The summed E-state index contributed by atoms with van der Waals surface area (Å²) in [6, 6.07) is 0. The minimum atomic E-state index is -0.457. The second kappa shape index (κ2) is 4.63. The van der Waals surface area contributed by atoms with Crippen LogP contribution in [-0.4, -0.2) is 47.9 Å². The number of ether oxygens (including phenoxy) is 3. The first-order valence-corrected chi connectivity index (χ1v) is 6.31. The molecule has 0 aliphatic carbocycles. The van der Waals surface area contributed by atoms with Crippen LogP contribution in [-0.2, 0) is 23.8 Å². The van der Waals surface area contributed by atoms with Crippen LogP contribution in [0, 0.1) is 0 Å². The Morgan fingerprint density at radius 3 is 1.88 bits per heavy atom. The van der Waals surface area contributed by atoms with Gasteiger partial charge in [0.15, 0.2) is 12.2 Å². The largest absolute Gasteiger partial charge is 0.456 e. The number of carbonyl (C=O) groups excluding carboxylic acids is 2. The maximum Gasteiger partial charge on any atom is 0.303 e. The summed E-state index contributed by atoms with van der Waals surface area (Å²) >= 11 is 1.73. The summed E-state index contributed by atoms with van der Waals surface area (Å²) in [7, 11) is 0. The lowest BCUT2D eigenvalue weighted by molar-refractivity contribution is -0.163. The maximum absolute atomic E-state index is 11.0. The molecule has 0 saturated carbocycles. The summed E-state index contributed by atoms with van der Waals surface area (Å²) in [5, 5.41) is 0. The van der Waals surface area contributed by atoms with Crippen LogP contribution >= 0.6 is 11.8 Å². The fourth-order valence-corrected chi connectivity index (χ4v) is 3.18. The third-order valence-electron chi connectivity index (χ3n) is 2.57. The summed E-state index contributed by atoms with van der Waals surface area (Å²) in [4.78, 5) is 22.0. The van der Waals surface area contributed by atoms with Gasteiger partial charge in [-0.15, -0.1) is 0 Å². The van der Waals surface area contributed by atoms with Crippen molar-refractivity contribution in [3.8, 4) is 0 Å². The monoisotopic (exact) mass is 246 g/mol. The topological polar surface area (TPSA) is 61.8 Å². The zero-order chi connectivity index (χ0) is 11.7. The van der Waals surface area contributed by atoms with Crippen LogP contribution in [0.3, 0.4) is 0 Å². The van der Waals surface area contributed by atoms with E-state index in [0.717, 1.165) is 11.5 Å². The van der Waals surface area contributed by atoms with E-state index in [2.05, 4.69) is 0 Å². The molecular weight excluding hydrogens is 232 g/mol. The third-order valence-corrected chi connectivity index (χ3v) is 3.70. The molecule has 2 heterocycles. The van der Waals surface area contributed by atoms with Gasteiger partial charge in [-0.2, -0.15) is 11.8 Å². The number of rotatable bonds is 2. The van der Waals surface area contributed by atoms with Crippen LogP contribution in [0.15, 0.2) is 0 Å². The molecule has 4 unspecified atom stereocenters. The maximum atomic E-state index is 11.0. The van der Waals surface area contributed by atoms with Crippen molar-refractivity contribution in [1.29, 1.82) is 0 Å². The summed E-state index contributed by atoms with van der Waals surface area (Å²) < 4.78 is 16.0. The molecule has 2 rings (SSSR count). The molecule has 2 aliphatic heterocycles. The molecule has 2 aliphatic rings. The third kappa shape index (κ3) is 2.32. The standard InChI is InChI=1S/C10H14O5S/c1-5(11)13-9-7-3-16-4-8(15-7)10(9)14-6(2)12/h7-10H,3-4H2,1-2H3. The lowest BCUT2D eigenvalue weighted by Crippen LogP contribution is -2.39. The van der Waals surface area contributed by atoms with Crippen molar-refractivity contribution < 1.29 is 23.8 Å². The van der Waals surface area contributed by atoms with E-state index in [0.29, 0.717) is 0 Å². The highest BCUT2D eigenvalue weighted by atomic mass is 32.2. The zero-order valence-corrected chi connectivity index (χ0v) is 9.99. The molecule has 0 spiro atoms. The van der Waals surface area contributed by atoms with Gasteiger partial charge in [-0.1, -0.05) is 0 Å². The Kier molecular flexibility index (Phi) is 3.39. The Morgan fingerprint density at radius 1 is 1.06 bits per heavy atom. The highest BCUT2D eigenvalue weighted by Gasteiger charge is 2.51. The molecule has 6 heteroatoms. The molecule has 0 aromatic carbocycles. The van der Waals surface area contributed by atoms with Crippen LogP contribution < -0.4 is 0 Å². The average molecular weight is 246 g/mol. The predicted octanol–water partition coefficient (Wildman–Crippen LogP) is 0.364. The molecule has 2 saturated heterocycles. The second-order valence-corrected chi connectivity index (χ2v) is 4.97. The fourth-order valence-electron chi connectivity index (χ4n) is 2.04. The van der Waals surface area contributed by atoms with Gasteiger partial charge in [0.2, 0.25) is 0 Å². The van der Waals surface area contributed by atoms with E-state index in [1.807, 2.05) is 0 Å². The number of thioether (sulfide) groups is 1. The number of hydrogen-bond donors (Lipinski definition) is 0. The van der Waals surface area contributed by atoms with E-state index in [-0.39, 0.29) is 24.1 Å². The minimum Gasteiger partial charge on any atom is -0.456 e. The molecular formula is C10H14O5S. The lowest BCUT2D eigenvalue weighted by Gasteiger charge is -2.20. The normalized spacial score (nSPS) is 36.9. The molecule has 2 bridgehead atoms. The molecule has 0 aromatic rings. The Labute approximate surface area is 97.8 Å². The van der Waals surface area contributed by atoms with Gasteiger partial charge in [0, 0.05) is 25.4 Å². The molecule has 16 heavy (non-hydrogen) atoms. The Morgan fingerprint density at radius 2 is 1.50 bits per heavy atom. The van der Waals surface area contributed by atoms with Crippen LogP contribution in [0.1, 0.15) is 13.8 Å². The highest BCUT2D eigenvalue weighted by molar-refractivity contribution is 7.99. The van der Waals surface area contributed by atoms with Gasteiger partial charge in [-0.25, -0.2) is 0 Å². The van der Waals surface area contributed by atoms with Crippen LogP contribution in [0.2, 0.25) is 0 Å². The Bertz CT molecular complexity index is 278. The molecule has 90 valence electrons. The zero-order valence-electron chi connectivity index (χ0n) is 9.17. The molecule has 5 nitrogen and oxygen atoms in total. The van der Waals surface area contributed by atoms with Gasteiger partial charge in [-0.3, -0.25) is 9.59 Å². The van der Waals surface area contributed by atoms with E-state index in [1.54, 1.807) is 11.8 Å². The lowest BCUT2D eigenvalue weighted by atomic mass is 10.1. The fraction of sp³-hybridized carbons (Fsp3) is 0.800. The molecule has 0 aromatic heterocycles. The molecule has 0 N–H and O–H groups in total. The van der Waals surface area contributed by atoms with Gasteiger partial charge in [0.25, 0.3) is 0 Å². The Hall–Kier alpha value is -0.750. The minimum absolute atomic E-state index is 0.156. The number of hydrogen-bond acceptors (Lipinski definition) is 6. The van der Waals surface area contributed by atoms with Crippen molar-refractivity contribution >= 4 is 23.7 Å². The number of esters is 2. The first-order chi connectivity index (χ1) is 7.58. The smallest absolute Gasteiger partial charge is 0.303 e. The van der Waals surface area contributed by atoms with E-state index >= 15 is 0 Å². The molecule has 4 atom stereocenters. The summed E-state index contributed by atoms with van der Waals surface area (Å²) in [6.07, 6.45) is -1.23. The quantitative estimate of drug-likeness (QED) is 0.656. The Balaban J connectivity index is 2.10. The van der Waals surface area contributed by atoms with E-state index in [1.165, 1.54) is 13.8 Å². The van der Waals surface area contributed by atoms with Gasteiger partial charge < -0.3 is 14.2 Å². The van der Waals surface area contributed by atoms with Gasteiger partial charge in [0.05, 0.1) is 0 Å². The summed E-state index contributed by atoms with van der Waals surface area (Å²) in [5.41, 5.74) is 0.